The number of rotatable bonds is 12. The number of nitrogen functional groups attached to an aromatic ring is 1. The number of carbonyl (C=O) groups is 2. The first-order chi connectivity index (χ1) is 32.3. The van der Waals surface area contributed by atoms with Crippen molar-refractivity contribution in [3.05, 3.63) is 140 Å². The summed E-state index contributed by atoms with van der Waals surface area (Å²) in [6, 6.07) is 34.2. The van der Waals surface area contributed by atoms with E-state index in [1.54, 1.807) is 15.8 Å². The zero-order chi connectivity index (χ0) is 45.1. The zero-order valence-electron chi connectivity index (χ0n) is 36.2. The summed E-state index contributed by atoms with van der Waals surface area (Å²) in [6.07, 6.45) is 7.73. The lowest BCUT2D eigenvalue weighted by atomic mass is 10.1. The SMILES string of the molecule is C=CC(=O)N1CCC[C@@H](n2nc(-c3ccc(Oc4ccccc4)cc3)c3c(=N)n(CCC(=O)N4CCC[C@H](n5nc(-c6ccc(Oc7ccccc7)cc6)c6c(N)ncnc65)C4)cnc32)C1. The van der Waals surface area contributed by atoms with Gasteiger partial charge in [-0.3, -0.25) is 15.0 Å². The maximum atomic E-state index is 14.1. The van der Waals surface area contributed by atoms with Gasteiger partial charge in [-0.1, -0.05) is 43.0 Å². The van der Waals surface area contributed by atoms with E-state index in [4.69, 9.17) is 30.4 Å². The number of aromatic nitrogens is 8. The minimum atomic E-state index is -0.151. The molecule has 2 saturated heterocycles. The van der Waals surface area contributed by atoms with Gasteiger partial charge in [-0.05, 0) is 105 Å². The van der Waals surface area contributed by atoms with Crippen molar-refractivity contribution in [3.63, 3.8) is 0 Å². The quantitative estimate of drug-likeness (QED) is 0.114. The molecule has 16 nitrogen and oxygen atoms in total. The van der Waals surface area contributed by atoms with Crippen molar-refractivity contribution in [1.82, 2.24) is 48.9 Å². The van der Waals surface area contributed by atoms with E-state index >= 15 is 0 Å². The Morgan fingerprint density at radius 1 is 0.682 bits per heavy atom. The van der Waals surface area contributed by atoms with Crippen molar-refractivity contribution in [2.45, 2.75) is 50.7 Å². The number of para-hydroxylation sites is 2. The molecule has 2 amide bonds. The normalized spacial score (nSPS) is 16.4. The number of piperidine rings is 2. The summed E-state index contributed by atoms with van der Waals surface area (Å²) in [5.41, 5.74) is 10.7. The predicted molar refractivity (Wildman–Crippen MR) is 250 cm³/mol. The maximum Gasteiger partial charge on any atom is 0.246 e. The molecule has 0 aliphatic carbocycles. The van der Waals surface area contributed by atoms with E-state index in [0.29, 0.717) is 77.0 Å². The smallest absolute Gasteiger partial charge is 0.246 e. The van der Waals surface area contributed by atoms with Gasteiger partial charge < -0.3 is 29.6 Å². The highest BCUT2D eigenvalue weighted by atomic mass is 16.5. The lowest BCUT2D eigenvalue weighted by Gasteiger charge is -2.33. The van der Waals surface area contributed by atoms with Crippen molar-refractivity contribution in [2.75, 3.05) is 31.9 Å². The first kappa shape index (κ1) is 41.8. The molecule has 4 aromatic heterocycles. The van der Waals surface area contributed by atoms with Crippen molar-refractivity contribution in [3.8, 4) is 45.5 Å². The molecule has 2 atom stereocenters. The number of nitrogens with zero attached hydrogens (tertiary/aromatic N) is 10. The Balaban J connectivity index is 0.892. The Morgan fingerprint density at radius 2 is 1.20 bits per heavy atom. The maximum absolute atomic E-state index is 14.1. The number of nitrogens with two attached hydrogens (primary N) is 1. The molecule has 10 rings (SSSR count). The molecule has 0 radical (unpaired) electrons. The molecule has 0 saturated carbocycles. The van der Waals surface area contributed by atoms with Crippen molar-refractivity contribution in [1.29, 1.82) is 5.41 Å². The Kier molecular flexibility index (Phi) is 11.5. The summed E-state index contributed by atoms with van der Waals surface area (Å²) in [7, 11) is 0. The van der Waals surface area contributed by atoms with Crippen LogP contribution in [0.3, 0.4) is 0 Å². The molecule has 8 aromatic rings. The third-order valence-corrected chi connectivity index (χ3v) is 12.4. The monoisotopic (exact) mass is 880 g/mol. The number of fused-ring (bicyclic) bond motifs is 2. The van der Waals surface area contributed by atoms with Crippen LogP contribution < -0.4 is 20.7 Å². The highest BCUT2D eigenvalue weighted by molar-refractivity contribution is 5.98. The second-order valence-corrected chi connectivity index (χ2v) is 16.6. The highest BCUT2D eigenvalue weighted by Gasteiger charge is 2.30. The Labute approximate surface area is 380 Å². The second kappa shape index (κ2) is 18.2. The van der Waals surface area contributed by atoms with Crippen LogP contribution in [0.2, 0.25) is 0 Å². The van der Waals surface area contributed by atoms with Gasteiger partial charge >= 0.3 is 0 Å². The second-order valence-electron chi connectivity index (χ2n) is 16.6. The van der Waals surface area contributed by atoms with Gasteiger partial charge in [0.2, 0.25) is 11.8 Å². The standard InChI is InChI=1S/C50H48N12O4/c1-2-41(63)58-26-9-11-35(29-58)62-50-44(46(57-62)34-19-23-40(24-20-34)66-38-15-7-4-8-16-38)48(52)60(32-55-50)28-25-42(64)59-27-10-12-36(30-59)61-49-43(47(51)53-31-54-49)45(56-61)33-17-21-39(22-18-33)65-37-13-5-3-6-14-37/h2-8,13-24,31-32,35-36,52H,1,9-12,25-30H2,(H2,51,53,54)/t35-,36+/m1/s1. The van der Waals surface area contributed by atoms with Crippen LogP contribution in [-0.2, 0) is 16.1 Å². The third kappa shape index (κ3) is 8.35. The minimum Gasteiger partial charge on any atom is -0.457 e. The van der Waals surface area contributed by atoms with E-state index in [9.17, 15) is 15.0 Å². The summed E-state index contributed by atoms with van der Waals surface area (Å²) < 4.78 is 17.5. The van der Waals surface area contributed by atoms with E-state index < -0.39 is 0 Å². The van der Waals surface area contributed by atoms with Crippen molar-refractivity contribution >= 4 is 39.7 Å². The van der Waals surface area contributed by atoms with Crippen LogP contribution >= 0.6 is 0 Å². The van der Waals surface area contributed by atoms with Crippen molar-refractivity contribution in [2.24, 2.45) is 0 Å². The van der Waals surface area contributed by atoms with Gasteiger partial charge in [0, 0.05) is 50.3 Å². The number of likely N-dealkylation sites (tertiary alicyclic amines) is 2. The summed E-state index contributed by atoms with van der Waals surface area (Å²) in [5.74, 6) is 2.98. The third-order valence-electron chi connectivity index (χ3n) is 12.4. The van der Waals surface area contributed by atoms with Crippen LogP contribution in [0.5, 0.6) is 23.0 Å². The van der Waals surface area contributed by atoms with E-state index in [1.165, 1.54) is 12.4 Å². The van der Waals surface area contributed by atoms with Gasteiger partial charge in [-0.2, -0.15) is 10.2 Å². The summed E-state index contributed by atoms with van der Waals surface area (Å²) in [5, 5.41) is 20.9. The molecule has 66 heavy (non-hydrogen) atoms. The first-order valence-electron chi connectivity index (χ1n) is 22.2. The molecule has 3 N–H and O–H groups in total. The molecule has 6 heterocycles. The van der Waals surface area contributed by atoms with Gasteiger partial charge in [0.25, 0.3) is 0 Å². The molecule has 2 fully saturated rings. The number of hydrogen-bond acceptors (Lipinski definition) is 11. The zero-order valence-corrected chi connectivity index (χ0v) is 36.2. The van der Waals surface area contributed by atoms with E-state index in [-0.39, 0.29) is 42.4 Å². The highest BCUT2D eigenvalue weighted by Crippen LogP contribution is 2.36. The van der Waals surface area contributed by atoms with E-state index in [2.05, 4.69) is 16.5 Å². The van der Waals surface area contributed by atoms with Gasteiger partial charge in [0.05, 0.1) is 29.2 Å². The van der Waals surface area contributed by atoms with Crippen LogP contribution in [0.1, 0.15) is 44.2 Å². The number of benzene rings is 4. The first-order valence-corrected chi connectivity index (χ1v) is 22.2. The molecule has 2 aliphatic heterocycles. The largest absolute Gasteiger partial charge is 0.457 e. The van der Waals surface area contributed by atoms with Gasteiger partial charge in [-0.25, -0.2) is 24.3 Å². The number of anilines is 1. The number of carbonyl (C=O) groups excluding carboxylic acids is 2. The summed E-state index contributed by atoms with van der Waals surface area (Å²) in [6.45, 7) is 6.06. The van der Waals surface area contributed by atoms with Crippen LogP contribution in [0.4, 0.5) is 5.82 Å². The van der Waals surface area contributed by atoms with Crippen LogP contribution in [0, 0.1) is 5.41 Å². The van der Waals surface area contributed by atoms with Gasteiger partial charge in [0.15, 0.2) is 11.3 Å². The van der Waals surface area contributed by atoms with Gasteiger partial charge in [-0.15, -0.1) is 0 Å². The Bertz CT molecular complexity index is 3110. The number of amides is 2. The fourth-order valence-corrected chi connectivity index (χ4v) is 9.02. The minimum absolute atomic E-state index is 0.0365. The fourth-order valence-electron chi connectivity index (χ4n) is 9.02. The predicted octanol–water partition coefficient (Wildman–Crippen LogP) is 7.96. The molecule has 332 valence electrons. The van der Waals surface area contributed by atoms with Crippen LogP contribution in [0.15, 0.2) is 135 Å². The molecule has 0 spiro atoms. The molecular weight excluding hydrogens is 833 g/mol. The molecular formula is C50H48N12O4. The molecule has 4 aromatic carbocycles. The van der Waals surface area contributed by atoms with Crippen LogP contribution in [0.25, 0.3) is 44.6 Å². The number of aryl methyl sites for hydroxylation is 1. The molecule has 2 aliphatic rings. The van der Waals surface area contributed by atoms with E-state index in [0.717, 1.165) is 48.3 Å². The molecule has 0 unspecified atom stereocenters. The average molecular weight is 881 g/mol. The topological polar surface area (TPSA) is 188 Å². The van der Waals surface area contributed by atoms with E-state index in [1.807, 2.05) is 123 Å². The van der Waals surface area contributed by atoms with Gasteiger partial charge in [0.1, 0.15) is 52.0 Å². The summed E-state index contributed by atoms with van der Waals surface area (Å²) >= 11 is 0. The number of ether oxygens (including phenoxy) is 2. The average Bonchev–Trinajstić information content (AvgIpc) is 3.96. The van der Waals surface area contributed by atoms with Crippen molar-refractivity contribution < 1.29 is 19.1 Å². The fraction of sp³-hybridized carbons (Fsp3) is 0.240. The number of nitrogens with one attached hydrogen (secondary N) is 1. The molecule has 16 heteroatoms. The number of hydrogen-bond donors (Lipinski definition) is 2. The summed E-state index contributed by atoms with van der Waals surface area (Å²) in [4.78, 5) is 44.2. The Morgan fingerprint density at radius 3 is 1.77 bits per heavy atom. The lowest BCUT2D eigenvalue weighted by Crippen LogP contribution is -2.41. The molecule has 0 bridgehead atoms. The lowest BCUT2D eigenvalue weighted by molar-refractivity contribution is -0.133. The Hall–Kier alpha value is -8.14. The van der Waals surface area contributed by atoms with Crippen LogP contribution in [-0.4, -0.2) is 86.9 Å².